The number of rotatable bonds is 18. The van der Waals surface area contributed by atoms with Gasteiger partial charge in [0.1, 0.15) is 5.69 Å². The molecule has 0 aliphatic rings. The number of nitrogens with one attached hydrogen (secondary N) is 1. The molecule has 0 saturated carbocycles. The van der Waals surface area contributed by atoms with Gasteiger partial charge in [-0.25, -0.2) is 10.1 Å². The molecule has 0 atom stereocenters. The molecule has 3 aromatic rings. The number of hydrogen-bond donors (Lipinski definition) is 1. The first-order valence-electron chi connectivity index (χ1n) is 14.4. The van der Waals surface area contributed by atoms with E-state index in [0.29, 0.717) is 6.42 Å². The lowest BCUT2D eigenvalue weighted by molar-refractivity contribution is -0.121. The summed E-state index contributed by atoms with van der Waals surface area (Å²) in [6.45, 7) is 2.27. The summed E-state index contributed by atoms with van der Waals surface area (Å²) in [5.41, 5.74) is 6.32. The molecule has 6 heteroatoms. The first-order chi connectivity index (χ1) is 18.7. The average Bonchev–Trinajstić information content (AvgIpc) is 3.36. The molecule has 1 amide bonds. The van der Waals surface area contributed by atoms with E-state index in [9.17, 15) is 4.79 Å². The van der Waals surface area contributed by atoms with Crippen molar-refractivity contribution in [2.45, 2.75) is 96.8 Å². The molecular weight excluding hydrogens is 536 g/mol. The maximum absolute atomic E-state index is 12.3. The number of hydrogen-bond acceptors (Lipinski definition) is 3. The van der Waals surface area contributed by atoms with Crippen LogP contribution in [0.25, 0.3) is 16.9 Å². The Morgan fingerprint density at radius 2 is 1.42 bits per heavy atom. The third-order valence-corrected chi connectivity index (χ3v) is 7.31. The zero-order valence-electron chi connectivity index (χ0n) is 22.9. The van der Waals surface area contributed by atoms with E-state index in [1.165, 1.54) is 70.6 Å². The lowest BCUT2D eigenvalue weighted by Gasteiger charge is -2.03. The molecular formula is C32H43BrN4O. The van der Waals surface area contributed by atoms with E-state index < -0.39 is 0 Å². The van der Waals surface area contributed by atoms with Crippen molar-refractivity contribution in [1.82, 2.24) is 15.2 Å². The molecule has 0 saturated heterocycles. The van der Waals surface area contributed by atoms with Gasteiger partial charge in [0.15, 0.2) is 0 Å². The highest BCUT2D eigenvalue weighted by Crippen LogP contribution is 2.24. The van der Waals surface area contributed by atoms with Crippen molar-refractivity contribution in [3.05, 3.63) is 70.8 Å². The van der Waals surface area contributed by atoms with Gasteiger partial charge >= 0.3 is 0 Å². The van der Waals surface area contributed by atoms with Gasteiger partial charge in [0, 0.05) is 28.2 Å². The van der Waals surface area contributed by atoms with Gasteiger partial charge < -0.3 is 0 Å². The molecule has 0 radical (unpaired) electrons. The van der Waals surface area contributed by atoms with E-state index >= 15 is 0 Å². The molecule has 0 unspecified atom stereocenters. The zero-order chi connectivity index (χ0) is 26.8. The van der Waals surface area contributed by atoms with Crippen LogP contribution in [0.3, 0.4) is 0 Å². The van der Waals surface area contributed by atoms with Crippen LogP contribution < -0.4 is 5.43 Å². The van der Waals surface area contributed by atoms with Gasteiger partial charge in [-0.3, -0.25) is 4.79 Å². The number of benzene rings is 2. The van der Waals surface area contributed by atoms with E-state index in [-0.39, 0.29) is 5.91 Å². The summed E-state index contributed by atoms with van der Waals surface area (Å²) < 4.78 is 2.85. The first-order valence-corrected chi connectivity index (χ1v) is 15.2. The Bertz CT molecular complexity index is 1090. The monoisotopic (exact) mass is 578 g/mol. The molecule has 0 bridgehead atoms. The Morgan fingerprint density at radius 3 is 2.03 bits per heavy atom. The van der Waals surface area contributed by atoms with Crippen molar-refractivity contribution < 1.29 is 4.79 Å². The Kier molecular flexibility index (Phi) is 13.9. The average molecular weight is 580 g/mol. The lowest BCUT2D eigenvalue weighted by Crippen LogP contribution is -2.16. The number of unbranched alkanes of at least 4 members (excludes halogenated alkanes) is 12. The van der Waals surface area contributed by atoms with Crippen molar-refractivity contribution in [1.29, 1.82) is 0 Å². The van der Waals surface area contributed by atoms with Gasteiger partial charge in [-0.1, -0.05) is 130 Å². The summed E-state index contributed by atoms with van der Waals surface area (Å²) in [5.74, 6) is -0.0371. The van der Waals surface area contributed by atoms with Gasteiger partial charge in [-0.2, -0.15) is 10.2 Å². The quantitative estimate of drug-likeness (QED) is 0.0928. The number of amides is 1. The molecule has 3 rings (SSSR count). The summed E-state index contributed by atoms with van der Waals surface area (Å²) >= 11 is 3.49. The maximum atomic E-state index is 12.3. The SMILES string of the molecule is CCCCCCCCCCCCCCCC(=O)N/N=C\c1cn(-c2ccccc2)nc1-c1ccc(Br)cc1. The molecule has 204 valence electrons. The highest BCUT2D eigenvalue weighted by Gasteiger charge is 2.11. The van der Waals surface area contributed by atoms with Gasteiger partial charge in [0.05, 0.1) is 11.9 Å². The highest BCUT2D eigenvalue weighted by atomic mass is 79.9. The van der Waals surface area contributed by atoms with Gasteiger partial charge in [0.25, 0.3) is 0 Å². The fourth-order valence-electron chi connectivity index (χ4n) is 4.56. The number of carbonyl (C=O) groups excluding carboxylic acids is 1. The Hall–Kier alpha value is -2.73. The van der Waals surface area contributed by atoms with Gasteiger partial charge in [-0.05, 0) is 30.7 Å². The third kappa shape index (κ3) is 10.9. The van der Waals surface area contributed by atoms with Crippen LogP contribution in [-0.2, 0) is 4.79 Å². The second-order valence-corrected chi connectivity index (χ2v) is 10.9. The molecule has 5 nitrogen and oxygen atoms in total. The van der Waals surface area contributed by atoms with E-state index in [1.54, 1.807) is 6.21 Å². The minimum atomic E-state index is -0.0371. The second kappa shape index (κ2) is 17.7. The Balaban J connectivity index is 1.37. The Labute approximate surface area is 237 Å². The van der Waals surface area contributed by atoms with Crippen LogP contribution in [0.2, 0.25) is 0 Å². The number of aromatic nitrogens is 2. The molecule has 0 spiro atoms. The summed E-state index contributed by atoms with van der Waals surface area (Å²) in [5, 5.41) is 9.04. The predicted molar refractivity (Wildman–Crippen MR) is 163 cm³/mol. The number of nitrogens with zero attached hydrogens (tertiary/aromatic N) is 3. The fourth-order valence-corrected chi connectivity index (χ4v) is 4.82. The topological polar surface area (TPSA) is 59.3 Å². The summed E-state index contributed by atoms with van der Waals surface area (Å²) in [6, 6.07) is 18.0. The predicted octanol–water partition coefficient (Wildman–Crippen LogP) is 9.23. The maximum Gasteiger partial charge on any atom is 0.240 e. The van der Waals surface area contributed by atoms with Crippen molar-refractivity contribution in [2.75, 3.05) is 0 Å². The standard InChI is InChI=1S/C32H43BrN4O/c1-2-3-4-5-6-7-8-9-10-11-12-13-17-20-31(38)35-34-25-28-26-37(30-18-15-14-16-19-30)36-32(28)27-21-23-29(33)24-22-27/h14-16,18-19,21-26H,2-13,17,20H2,1H3,(H,35,38)/b34-25-. The van der Waals surface area contributed by atoms with Crippen molar-refractivity contribution in [2.24, 2.45) is 5.10 Å². The number of carbonyl (C=O) groups is 1. The zero-order valence-corrected chi connectivity index (χ0v) is 24.5. The van der Waals surface area contributed by atoms with E-state index in [2.05, 4.69) is 33.4 Å². The highest BCUT2D eigenvalue weighted by molar-refractivity contribution is 9.10. The number of halogens is 1. The molecule has 38 heavy (non-hydrogen) atoms. The summed E-state index contributed by atoms with van der Waals surface area (Å²) in [6.07, 6.45) is 21.0. The van der Waals surface area contributed by atoms with Crippen LogP contribution in [0, 0.1) is 0 Å². The van der Waals surface area contributed by atoms with E-state index in [1.807, 2.05) is 65.5 Å². The van der Waals surface area contributed by atoms with Crippen molar-refractivity contribution in [3.63, 3.8) is 0 Å². The summed E-state index contributed by atoms with van der Waals surface area (Å²) in [7, 11) is 0. The molecule has 0 aliphatic heterocycles. The smallest absolute Gasteiger partial charge is 0.240 e. The largest absolute Gasteiger partial charge is 0.273 e. The van der Waals surface area contributed by atoms with Crippen LogP contribution in [0.15, 0.2) is 70.4 Å². The van der Waals surface area contributed by atoms with Crippen LogP contribution in [0.4, 0.5) is 0 Å². The normalized spacial score (nSPS) is 11.3. The van der Waals surface area contributed by atoms with Crippen LogP contribution in [0.1, 0.15) is 102 Å². The van der Waals surface area contributed by atoms with Crippen molar-refractivity contribution in [3.8, 4) is 16.9 Å². The Morgan fingerprint density at radius 1 is 0.842 bits per heavy atom. The minimum Gasteiger partial charge on any atom is -0.273 e. The van der Waals surface area contributed by atoms with Gasteiger partial charge in [0.2, 0.25) is 5.91 Å². The van der Waals surface area contributed by atoms with Crippen molar-refractivity contribution >= 4 is 28.1 Å². The first kappa shape index (κ1) is 29.8. The minimum absolute atomic E-state index is 0.0371. The fraction of sp³-hybridized carbons (Fsp3) is 0.469. The van der Waals surface area contributed by atoms with Gasteiger partial charge in [-0.15, -0.1) is 0 Å². The number of para-hydroxylation sites is 1. The molecule has 1 N–H and O–H groups in total. The van der Waals surface area contributed by atoms with Crippen LogP contribution in [0.5, 0.6) is 0 Å². The second-order valence-electron chi connectivity index (χ2n) is 10.0. The molecule has 1 aromatic heterocycles. The number of hydrazone groups is 1. The van der Waals surface area contributed by atoms with E-state index in [4.69, 9.17) is 5.10 Å². The molecule has 2 aromatic carbocycles. The molecule has 1 heterocycles. The molecule has 0 fully saturated rings. The van der Waals surface area contributed by atoms with Crippen LogP contribution in [-0.4, -0.2) is 21.9 Å². The molecule has 0 aliphatic carbocycles. The lowest BCUT2D eigenvalue weighted by atomic mass is 10.0. The van der Waals surface area contributed by atoms with E-state index in [0.717, 1.165) is 39.8 Å². The summed E-state index contributed by atoms with van der Waals surface area (Å²) in [4.78, 5) is 12.3. The van der Waals surface area contributed by atoms with Crippen LogP contribution >= 0.6 is 15.9 Å². The third-order valence-electron chi connectivity index (χ3n) is 6.78.